The van der Waals surface area contributed by atoms with Gasteiger partial charge in [0.25, 0.3) is 0 Å². The Hall–Kier alpha value is -1.79. The summed E-state index contributed by atoms with van der Waals surface area (Å²) in [6.45, 7) is 0.149. The topological polar surface area (TPSA) is 75.4 Å². The molecule has 2 N–H and O–H groups in total. The highest BCUT2D eigenvalue weighted by molar-refractivity contribution is 7.99. The van der Waals surface area contributed by atoms with Gasteiger partial charge < -0.3 is 14.8 Å². The van der Waals surface area contributed by atoms with Crippen molar-refractivity contribution in [2.75, 3.05) is 12.3 Å². The normalized spacial score (nSPS) is 12.1. The molecular weight excluding hydrogens is 276 g/mol. The van der Waals surface area contributed by atoms with E-state index in [1.165, 1.54) is 18.0 Å². The first kappa shape index (κ1) is 14.6. The molecule has 20 heavy (non-hydrogen) atoms. The number of pyridine rings is 1. The maximum absolute atomic E-state index is 11.6. The molecule has 0 aliphatic rings. The van der Waals surface area contributed by atoms with Crippen LogP contribution in [0.1, 0.15) is 17.6 Å². The Morgan fingerprint density at radius 3 is 3.00 bits per heavy atom. The Balaban J connectivity index is 1.63. The fraction of sp³-hybridized carbons (Fsp3) is 0.286. The summed E-state index contributed by atoms with van der Waals surface area (Å²) in [4.78, 5) is 15.8. The van der Waals surface area contributed by atoms with Gasteiger partial charge in [0, 0.05) is 11.9 Å². The van der Waals surface area contributed by atoms with Crippen molar-refractivity contribution in [1.82, 2.24) is 10.3 Å². The highest BCUT2D eigenvalue weighted by Crippen LogP contribution is 2.12. The molecule has 5 nitrogen and oxygen atoms in total. The van der Waals surface area contributed by atoms with E-state index in [0.29, 0.717) is 17.3 Å². The molecule has 0 aliphatic heterocycles. The van der Waals surface area contributed by atoms with Gasteiger partial charge in [0.2, 0.25) is 5.91 Å². The molecule has 2 rings (SSSR count). The van der Waals surface area contributed by atoms with Crippen LogP contribution in [-0.2, 0) is 10.5 Å². The van der Waals surface area contributed by atoms with Crippen LogP contribution in [-0.4, -0.2) is 28.3 Å². The van der Waals surface area contributed by atoms with Crippen LogP contribution in [0.3, 0.4) is 0 Å². The number of hydrogen-bond donors (Lipinski definition) is 2. The van der Waals surface area contributed by atoms with Crippen LogP contribution in [0.2, 0.25) is 0 Å². The molecule has 2 aromatic rings. The number of aliphatic hydroxyl groups is 1. The van der Waals surface area contributed by atoms with Crippen molar-refractivity contribution >= 4 is 17.7 Å². The number of rotatable bonds is 7. The molecule has 0 saturated carbocycles. The molecule has 2 aromatic heterocycles. The molecule has 1 atom stereocenters. The first-order chi connectivity index (χ1) is 9.75. The summed E-state index contributed by atoms with van der Waals surface area (Å²) in [5, 5.41) is 12.4. The van der Waals surface area contributed by atoms with E-state index >= 15 is 0 Å². The summed E-state index contributed by atoms with van der Waals surface area (Å²) in [5.41, 5.74) is 0.945. The van der Waals surface area contributed by atoms with Crippen molar-refractivity contribution in [1.29, 1.82) is 0 Å². The van der Waals surface area contributed by atoms with Gasteiger partial charge in [0.15, 0.2) is 0 Å². The number of amides is 1. The van der Waals surface area contributed by atoms with E-state index in [2.05, 4.69) is 10.3 Å². The molecule has 0 aliphatic carbocycles. The number of hydrogen-bond acceptors (Lipinski definition) is 5. The van der Waals surface area contributed by atoms with Gasteiger partial charge in [0.05, 0.1) is 24.3 Å². The van der Waals surface area contributed by atoms with Crippen LogP contribution in [0.4, 0.5) is 0 Å². The summed E-state index contributed by atoms with van der Waals surface area (Å²) in [7, 11) is 0. The second-order valence-electron chi connectivity index (χ2n) is 4.15. The van der Waals surface area contributed by atoms with Crippen molar-refractivity contribution < 1.29 is 14.3 Å². The average molecular weight is 292 g/mol. The molecule has 1 amide bonds. The Morgan fingerprint density at radius 1 is 1.40 bits per heavy atom. The molecular formula is C14H16N2O3S. The third-order valence-electron chi connectivity index (χ3n) is 2.57. The third-order valence-corrected chi connectivity index (χ3v) is 3.54. The van der Waals surface area contributed by atoms with E-state index in [1.807, 2.05) is 18.2 Å². The van der Waals surface area contributed by atoms with Crippen molar-refractivity contribution in [2.24, 2.45) is 0 Å². The van der Waals surface area contributed by atoms with Gasteiger partial charge in [-0.1, -0.05) is 6.07 Å². The third kappa shape index (κ3) is 4.71. The fourth-order valence-electron chi connectivity index (χ4n) is 1.57. The van der Waals surface area contributed by atoms with Crippen LogP contribution >= 0.6 is 11.8 Å². The summed E-state index contributed by atoms with van der Waals surface area (Å²) >= 11 is 1.48. The molecule has 0 spiro atoms. The zero-order valence-electron chi connectivity index (χ0n) is 10.9. The molecule has 106 valence electrons. The summed E-state index contributed by atoms with van der Waals surface area (Å²) < 4.78 is 5.05. The molecule has 6 heteroatoms. The lowest BCUT2D eigenvalue weighted by molar-refractivity contribution is -0.119. The van der Waals surface area contributed by atoms with E-state index < -0.39 is 6.10 Å². The molecule has 0 bridgehead atoms. The molecule has 0 radical (unpaired) electrons. The number of nitrogens with one attached hydrogen (secondary N) is 1. The second-order valence-corrected chi connectivity index (χ2v) is 5.13. The summed E-state index contributed by atoms with van der Waals surface area (Å²) in [5.74, 6) is 1.36. The number of nitrogens with zero attached hydrogens (tertiary/aromatic N) is 1. The van der Waals surface area contributed by atoms with Crippen molar-refractivity contribution in [3.63, 3.8) is 0 Å². The second kappa shape index (κ2) is 7.72. The lowest BCUT2D eigenvalue weighted by Gasteiger charge is -2.09. The van der Waals surface area contributed by atoms with E-state index in [-0.39, 0.29) is 12.5 Å². The van der Waals surface area contributed by atoms with Gasteiger partial charge >= 0.3 is 0 Å². The zero-order chi connectivity index (χ0) is 14.2. The van der Waals surface area contributed by atoms with Crippen molar-refractivity contribution in [3.8, 4) is 0 Å². The van der Waals surface area contributed by atoms with Crippen LogP contribution in [0, 0.1) is 0 Å². The van der Waals surface area contributed by atoms with Crippen LogP contribution in [0.5, 0.6) is 0 Å². The maximum Gasteiger partial charge on any atom is 0.230 e. The van der Waals surface area contributed by atoms with Gasteiger partial charge in [-0.3, -0.25) is 9.78 Å². The number of carbonyl (C=O) groups excluding carboxylic acids is 1. The van der Waals surface area contributed by atoms with Crippen molar-refractivity contribution in [2.45, 2.75) is 11.9 Å². The Bertz CT molecular complexity index is 516. The van der Waals surface area contributed by atoms with Gasteiger partial charge in [-0.25, -0.2) is 0 Å². The minimum Gasteiger partial charge on any atom is -0.467 e. The number of furan rings is 1. The van der Waals surface area contributed by atoms with Gasteiger partial charge in [0.1, 0.15) is 11.9 Å². The average Bonchev–Trinajstić information content (AvgIpc) is 3.00. The van der Waals surface area contributed by atoms with E-state index in [4.69, 9.17) is 4.42 Å². The minimum atomic E-state index is -0.810. The number of aromatic nitrogens is 1. The van der Waals surface area contributed by atoms with Gasteiger partial charge in [-0.15, -0.1) is 11.8 Å². The monoisotopic (exact) mass is 292 g/mol. The molecule has 0 saturated heterocycles. The lowest BCUT2D eigenvalue weighted by atomic mass is 10.3. The SMILES string of the molecule is O=C(CSCc1ccccn1)NCC(O)c1ccco1. The van der Waals surface area contributed by atoms with Crippen LogP contribution in [0.25, 0.3) is 0 Å². The molecule has 0 aromatic carbocycles. The maximum atomic E-state index is 11.6. The summed E-state index contributed by atoms with van der Waals surface area (Å²) in [6.07, 6.45) is 2.41. The molecule has 0 fully saturated rings. The largest absolute Gasteiger partial charge is 0.467 e. The Kier molecular flexibility index (Phi) is 5.64. The van der Waals surface area contributed by atoms with E-state index in [1.54, 1.807) is 18.3 Å². The zero-order valence-corrected chi connectivity index (χ0v) is 11.7. The highest BCUT2D eigenvalue weighted by Gasteiger charge is 2.11. The van der Waals surface area contributed by atoms with E-state index in [9.17, 15) is 9.90 Å². The van der Waals surface area contributed by atoms with Gasteiger partial charge in [-0.2, -0.15) is 0 Å². The first-order valence-corrected chi connectivity index (χ1v) is 7.37. The predicted molar refractivity (Wildman–Crippen MR) is 77.1 cm³/mol. The van der Waals surface area contributed by atoms with Crippen LogP contribution < -0.4 is 5.32 Å². The molecule has 2 heterocycles. The number of thioether (sulfide) groups is 1. The predicted octanol–water partition coefficient (Wildman–Crippen LogP) is 1.76. The minimum absolute atomic E-state index is 0.114. The fourth-order valence-corrected chi connectivity index (χ4v) is 2.34. The number of carbonyl (C=O) groups is 1. The van der Waals surface area contributed by atoms with Gasteiger partial charge in [-0.05, 0) is 24.3 Å². The first-order valence-electron chi connectivity index (χ1n) is 6.21. The van der Waals surface area contributed by atoms with E-state index in [0.717, 1.165) is 5.69 Å². The lowest BCUT2D eigenvalue weighted by Crippen LogP contribution is -2.29. The number of aliphatic hydroxyl groups excluding tert-OH is 1. The smallest absolute Gasteiger partial charge is 0.230 e. The highest BCUT2D eigenvalue weighted by atomic mass is 32.2. The Morgan fingerprint density at radius 2 is 2.30 bits per heavy atom. The standard InChI is InChI=1S/C14H16N2O3S/c17-12(13-5-3-7-19-13)8-16-14(18)10-20-9-11-4-1-2-6-15-11/h1-7,12,17H,8-10H2,(H,16,18). The summed E-state index contributed by atoms with van der Waals surface area (Å²) in [6, 6.07) is 9.07. The van der Waals surface area contributed by atoms with Crippen LogP contribution in [0.15, 0.2) is 47.2 Å². The quantitative estimate of drug-likeness (QED) is 0.813. The van der Waals surface area contributed by atoms with Crippen molar-refractivity contribution in [3.05, 3.63) is 54.2 Å². The molecule has 1 unspecified atom stereocenters. The Labute approximate surface area is 121 Å².